The minimum atomic E-state index is -1.07. The summed E-state index contributed by atoms with van der Waals surface area (Å²) in [6.07, 6.45) is -1.58. The van der Waals surface area contributed by atoms with Gasteiger partial charge in [-0.2, -0.15) is 0 Å². The summed E-state index contributed by atoms with van der Waals surface area (Å²) in [6.45, 7) is 11.3. The third-order valence-electron chi connectivity index (χ3n) is 16.1. The first kappa shape index (κ1) is 42.9. The number of hydrogen-bond donors (Lipinski definition) is 5. The van der Waals surface area contributed by atoms with E-state index in [-0.39, 0.29) is 54.7 Å². The molecule has 7 fully saturated rings. The molecule has 4 aliphatic heterocycles. The van der Waals surface area contributed by atoms with Crippen molar-refractivity contribution in [2.45, 2.75) is 204 Å². The van der Waals surface area contributed by atoms with Crippen LogP contribution in [-0.4, -0.2) is 136 Å². The maximum absolute atomic E-state index is 12.9. The molecule has 328 valence electrons. The predicted octanol–water partition coefficient (Wildman–Crippen LogP) is 2.79. The van der Waals surface area contributed by atoms with Gasteiger partial charge in [0.25, 0.3) is 0 Å². The van der Waals surface area contributed by atoms with E-state index in [2.05, 4.69) is 13.8 Å². The molecule has 8 aliphatic rings. The van der Waals surface area contributed by atoms with Crippen molar-refractivity contribution >= 4 is 11.9 Å². The molecule has 0 bridgehead atoms. The first-order valence-corrected chi connectivity index (χ1v) is 21.8. The first-order chi connectivity index (χ1) is 27.4. The molecule has 15 nitrogen and oxygen atoms in total. The molecule has 58 heavy (non-hydrogen) atoms. The summed E-state index contributed by atoms with van der Waals surface area (Å²) in [5.74, 6) is -0.406. The fourth-order valence-electron chi connectivity index (χ4n) is 13.1. The van der Waals surface area contributed by atoms with Gasteiger partial charge in [-0.3, -0.25) is 4.79 Å². The van der Waals surface area contributed by atoms with Gasteiger partial charge in [0, 0.05) is 50.0 Å². The molecule has 0 aromatic heterocycles. The number of aliphatic hydroxyl groups is 5. The van der Waals surface area contributed by atoms with Gasteiger partial charge in [0.1, 0.15) is 31.0 Å². The molecule has 21 atom stereocenters. The maximum atomic E-state index is 12.9. The molecule has 0 aromatic rings. The summed E-state index contributed by atoms with van der Waals surface area (Å²) >= 11 is 0. The van der Waals surface area contributed by atoms with E-state index < -0.39 is 96.9 Å². The molecule has 15 heteroatoms. The van der Waals surface area contributed by atoms with Gasteiger partial charge in [0.15, 0.2) is 18.9 Å². The number of ether oxygens (including phenoxy) is 8. The highest BCUT2D eigenvalue weighted by Gasteiger charge is 2.71. The normalized spacial score (nSPS) is 53.2. The summed E-state index contributed by atoms with van der Waals surface area (Å²) < 4.78 is 49.3. The van der Waals surface area contributed by atoms with Crippen LogP contribution in [0.25, 0.3) is 0 Å². The van der Waals surface area contributed by atoms with E-state index in [0.29, 0.717) is 18.8 Å². The average molecular weight is 823 g/mol. The van der Waals surface area contributed by atoms with Crippen molar-refractivity contribution in [1.82, 2.24) is 0 Å². The Labute approximate surface area is 341 Å². The molecule has 3 saturated heterocycles. The molecular weight excluding hydrogens is 756 g/mol. The number of fused-ring (bicyclic) bond motifs is 5. The van der Waals surface area contributed by atoms with Crippen LogP contribution in [0.4, 0.5) is 0 Å². The van der Waals surface area contributed by atoms with Crippen LogP contribution in [0.15, 0.2) is 11.6 Å². The number of esters is 2. The smallest absolute Gasteiger partial charge is 0.331 e. The van der Waals surface area contributed by atoms with Crippen LogP contribution in [0, 0.1) is 34.5 Å². The molecule has 4 aliphatic carbocycles. The van der Waals surface area contributed by atoms with Crippen LogP contribution < -0.4 is 0 Å². The van der Waals surface area contributed by atoms with Crippen molar-refractivity contribution in [3.05, 3.63) is 11.6 Å². The molecule has 2 unspecified atom stereocenters. The zero-order valence-electron chi connectivity index (χ0n) is 34.8. The average Bonchev–Trinajstić information content (AvgIpc) is 3.67. The maximum Gasteiger partial charge on any atom is 0.331 e. The van der Waals surface area contributed by atoms with E-state index in [1.54, 1.807) is 13.8 Å². The molecule has 4 heterocycles. The van der Waals surface area contributed by atoms with E-state index in [1.807, 2.05) is 6.92 Å². The number of aliphatic hydroxyl groups excluding tert-OH is 4. The highest BCUT2D eigenvalue weighted by molar-refractivity contribution is 5.85. The van der Waals surface area contributed by atoms with Crippen LogP contribution in [0.3, 0.4) is 0 Å². The van der Waals surface area contributed by atoms with Gasteiger partial charge in [-0.25, -0.2) is 4.79 Å². The molecule has 0 spiro atoms. The summed E-state index contributed by atoms with van der Waals surface area (Å²) in [5, 5.41) is 54.5. The molecule has 0 amide bonds. The number of cyclic esters (lactones) is 1. The Morgan fingerprint density at radius 1 is 0.759 bits per heavy atom. The van der Waals surface area contributed by atoms with Gasteiger partial charge in [0.05, 0.1) is 48.3 Å². The second-order valence-corrected chi connectivity index (χ2v) is 19.5. The Morgan fingerprint density at radius 3 is 2.02 bits per heavy atom. The van der Waals surface area contributed by atoms with Gasteiger partial charge >= 0.3 is 11.9 Å². The highest BCUT2D eigenvalue weighted by Crippen LogP contribution is 2.70. The third-order valence-corrected chi connectivity index (χ3v) is 16.1. The Kier molecular flexibility index (Phi) is 12.0. The Morgan fingerprint density at radius 2 is 1.40 bits per heavy atom. The number of hydrogen-bond acceptors (Lipinski definition) is 15. The minimum Gasteiger partial charge on any atom is -0.462 e. The summed E-state index contributed by atoms with van der Waals surface area (Å²) in [7, 11) is 0. The van der Waals surface area contributed by atoms with Gasteiger partial charge < -0.3 is 63.4 Å². The first-order valence-electron chi connectivity index (χ1n) is 21.8. The summed E-state index contributed by atoms with van der Waals surface area (Å²) in [6, 6.07) is 0. The van der Waals surface area contributed by atoms with E-state index in [1.165, 1.54) is 13.0 Å². The predicted molar refractivity (Wildman–Crippen MR) is 202 cm³/mol. The molecule has 0 aromatic carbocycles. The van der Waals surface area contributed by atoms with Gasteiger partial charge in [-0.1, -0.05) is 13.8 Å². The lowest BCUT2D eigenvalue weighted by atomic mass is 9.43. The lowest BCUT2D eigenvalue weighted by Crippen LogP contribution is -2.62. The van der Waals surface area contributed by atoms with E-state index in [4.69, 9.17) is 37.9 Å². The Hall–Kier alpha value is -1.76. The quantitative estimate of drug-likeness (QED) is 0.176. The molecular formula is C43H66O15. The lowest BCUT2D eigenvalue weighted by molar-refractivity contribution is -0.344. The second-order valence-electron chi connectivity index (χ2n) is 19.5. The molecule has 4 saturated carbocycles. The van der Waals surface area contributed by atoms with E-state index >= 15 is 0 Å². The summed E-state index contributed by atoms with van der Waals surface area (Å²) in [5.41, 5.74) is -0.862. The fraction of sp³-hybridized carbons (Fsp3) is 0.907. The van der Waals surface area contributed by atoms with Crippen molar-refractivity contribution in [1.29, 1.82) is 0 Å². The van der Waals surface area contributed by atoms with Crippen LogP contribution in [0.5, 0.6) is 0 Å². The van der Waals surface area contributed by atoms with Crippen molar-refractivity contribution < 1.29 is 73.0 Å². The Bertz CT molecular complexity index is 1530. The highest BCUT2D eigenvalue weighted by atomic mass is 16.7. The molecule has 0 radical (unpaired) electrons. The van der Waals surface area contributed by atoms with Crippen molar-refractivity contribution in [2.24, 2.45) is 34.5 Å². The minimum absolute atomic E-state index is 0.0221. The van der Waals surface area contributed by atoms with Gasteiger partial charge in [-0.05, 0) is 94.5 Å². The fourth-order valence-corrected chi connectivity index (χ4v) is 13.1. The second kappa shape index (κ2) is 16.2. The molecule has 8 rings (SSSR count). The van der Waals surface area contributed by atoms with Gasteiger partial charge in [0.2, 0.25) is 0 Å². The lowest BCUT2D eigenvalue weighted by Gasteiger charge is -2.63. The monoisotopic (exact) mass is 822 g/mol. The van der Waals surface area contributed by atoms with Crippen molar-refractivity contribution in [2.75, 3.05) is 6.61 Å². The number of carbonyl (C=O) groups is 2. The summed E-state index contributed by atoms with van der Waals surface area (Å²) in [4.78, 5) is 24.5. The third kappa shape index (κ3) is 7.60. The van der Waals surface area contributed by atoms with Crippen LogP contribution in [0.2, 0.25) is 0 Å². The standard InChI is InChI=1S/C43H66O15/c1-20-38(48)29(45)15-34(52-20)57-31-17-36(54-22(3)40(31)58-35-16-30(46)39(49)21(2)53-35)56-26-9-11-41(5)25(14-26)7-8-28-27(41)10-12-42(6)37(24-13-33(47)51-19-24)32(55-23(4)44)18-43(28,42)50/h13,20-22,25-32,34-40,45-46,48-50H,7-12,14-19H2,1-6H3/t20-,21-,22-,25-,26+,27+,28-,29+,30+,31+,32?,34-,35-,36-,37+,38-,39-,40-,41+,42-,43?/m1/s1. The number of carbonyl (C=O) groups excluding carboxylic acids is 2. The Balaban J connectivity index is 0.948. The largest absolute Gasteiger partial charge is 0.462 e. The number of rotatable bonds is 8. The topological polar surface area (TPSA) is 209 Å². The zero-order chi connectivity index (χ0) is 41.5. The van der Waals surface area contributed by atoms with Crippen LogP contribution >= 0.6 is 0 Å². The SMILES string of the molecule is CC(=O)OC1CC2(O)[C@@H]3CC[C@@H]4C[C@@H](O[C@@H]5C[C@H](O[C@@H]6C[C@H](O)[C@H](O)[C@@H](C)O6)[C@H](O[C@@H]6C[C@H](O)[C@H](O)[C@@H](C)O6)[C@@H](C)O5)CC[C@]4(C)[C@H]3CC[C@]2(C)[C@H]1C1=CC(=O)OC1. The van der Waals surface area contributed by atoms with E-state index in [9.17, 15) is 35.1 Å². The van der Waals surface area contributed by atoms with E-state index in [0.717, 1.165) is 50.5 Å². The van der Waals surface area contributed by atoms with Crippen LogP contribution in [0.1, 0.15) is 112 Å². The van der Waals surface area contributed by atoms with Crippen LogP contribution in [-0.2, 0) is 47.5 Å². The molecule has 5 N–H and O–H groups in total. The van der Waals surface area contributed by atoms with Crippen molar-refractivity contribution in [3.8, 4) is 0 Å². The van der Waals surface area contributed by atoms with Crippen molar-refractivity contribution in [3.63, 3.8) is 0 Å². The zero-order valence-corrected chi connectivity index (χ0v) is 34.8. The van der Waals surface area contributed by atoms with Gasteiger partial charge in [-0.15, -0.1) is 0 Å².